The van der Waals surface area contributed by atoms with Gasteiger partial charge in [-0.3, -0.25) is 9.78 Å². The van der Waals surface area contributed by atoms with Crippen molar-refractivity contribution < 1.29 is 9.90 Å². The Morgan fingerprint density at radius 2 is 2.47 bits per heavy atom. The molecule has 0 radical (unpaired) electrons. The molecule has 0 aliphatic rings. The van der Waals surface area contributed by atoms with Crippen LogP contribution in [0.1, 0.15) is 17.3 Å². The van der Waals surface area contributed by atoms with Crippen LogP contribution >= 0.6 is 0 Å². The molecule has 0 aromatic carbocycles. The normalized spacial score (nSPS) is 11.5. The molecule has 1 unspecified atom stereocenters. The molecule has 78 valence electrons. The number of aromatic nitrogens is 1. The molecule has 0 saturated carbocycles. The lowest BCUT2D eigenvalue weighted by Crippen LogP contribution is -2.27. The van der Waals surface area contributed by atoms with Crippen LogP contribution in [0.3, 0.4) is 0 Å². The van der Waals surface area contributed by atoms with Crippen molar-refractivity contribution >= 4 is 5.91 Å². The lowest BCUT2D eigenvalue weighted by Gasteiger charge is -2.05. The molecule has 1 aromatic rings. The van der Waals surface area contributed by atoms with Gasteiger partial charge in [0.1, 0.15) is 5.75 Å². The van der Waals surface area contributed by atoms with Gasteiger partial charge in [-0.1, -0.05) is 0 Å². The lowest BCUT2D eigenvalue weighted by molar-refractivity contribution is 0.0950. The molecule has 0 saturated heterocycles. The Labute approximate surface area is 87.4 Å². The van der Waals surface area contributed by atoms with Crippen LogP contribution in [0.4, 0.5) is 0 Å². The maximum atomic E-state index is 11.4. The van der Waals surface area contributed by atoms with Crippen molar-refractivity contribution in [3.8, 4) is 11.8 Å². The summed E-state index contributed by atoms with van der Waals surface area (Å²) in [6.07, 6.45) is 2.60. The Balaban J connectivity index is 2.59. The number of nitriles is 1. The number of carbonyl (C=O) groups excluding carboxylic acids is 1. The van der Waals surface area contributed by atoms with E-state index in [4.69, 9.17) is 10.4 Å². The SMILES string of the molecule is CC(C#N)CNC(=O)c1cncc(O)c1. The molecule has 1 aromatic heterocycles. The molecular weight excluding hydrogens is 194 g/mol. The third-order valence-corrected chi connectivity index (χ3v) is 1.78. The number of hydrogen-bond donors (Lipinski definition) is 2. The van der Waals surface area contributed by atoms with E-state index in [1.807, 2.05) is 6.07 Å². The second kappa shape index (κ2) is 4.96. The summed E-state index contributed by atoms with van der Waals surface area (Å²) >= 11 is 0. The maximum Gasteiger partial charge on any atom is 0.253 e. The summed E-state index contributed by atoms with van der Waals surface area (Å²) in [4.78, 5) is 15.1. The van der Waals surface area contributed by atoms with Crippen LogP contribution in [0.15, 0.2) is 18.5 Å². The van der Waals surface area contributed by atoms with Crippen LogP contribution in [-0.2, 0) is 0 Å². The summed E-state index contributed by atoms with van der Waals surface area (Å²) in [5.41, 5.74) is 0.278. The number of carbonyl (C=O) groups is 1. The standard InChI is InChI=1S/C10H11N3O2/c1-7(3-11)4-13-10(15)8-2-9(14)6-12-5-8/h2,5-7,14H,4H2,1H3,(H,13,15). The summed E-state index contributed by atoms with van der Waals surface area (Å²) in [7, 11) is 0. The summed E-state index contributed by atoms with van der Waals surface area (Å²) in [6, 6.07) is 3.32. The van der Waals surface area contributed by atoms with Crippen molar-refractivity contribution in [3.05, 3.63) is 24.0 Å². The highest BCUT2D eigenvalue weighted by Gasteiger charge is 2.07. The molecule has 0 spiro atoms. The first-order chi connectivity index (χ1) is 7.13. The highest BCUT2D eigenvalue weighted by atomic mass is 16.3. The van der Waals surface area contributed by atoms with Gasteiger partial charge in [-0.15, -0.1) is 0 Å². The Kier molecular flexibility index (Phi) is 3.63. The predicted molar refractivity (Wildman–Crippen MR) is 53.0 cm³/mol. The molecule has 0 fully saturated rings. The molecule has 1 atom stereocenters. The Bertz CT molecular complexity index is 398. The van der Waals surface area contributed by atoms with Gasteiger partial charge in [-0.05, 0) is 13.0 Å². The second-order valence-electron chi connectivity index (χ2n) is 3.17. The summed E-state index contributed by atoms with van der Waals surface area (Å²) in [5.74, 6) is -0.643. The zero-order chi connectivity index (χ0) is 11.3. The van der Waals surface area contributed by atoms with Crippen LogP contribution in [0.5, 0.6) is 5.75 Å². The van der Waals surface area contributed by atoms with Crippen molar-refractivity contribution in [2.24, 2.45) is 5.92 Å². The van der Waals surface area contributed by atoms with Crippen LogP contribution in [0.2, 0.25) is 0 Å². The van der Waals surface area contributed by atoms with Crippen molar-refractivity contribution in [3.63, 3.8) is 0 Å². The number of nitrogens with one attached hydrogen (secondary N) is 1. The van der Waals surface area contributed by atoms with Gasteiger partial charge in [-0.25, -0.2) is 0 Å². The maximum absolute atomic E-state index is 11.4. The number of amides is 1. The van der Waals surface area contributed by atoms with E-state index in [-0.39, 0.29) is 29.7 Å². The smallest absolute Gasteiger partial charge is 0.253 e. The van der Waals surface area contributed by atoms with Crippen molar-refractivity contribution in [1.82, 2.24) is 10.3 Å². The molecule has 2 N–H and O–H groups in total. The van der Waals surface area contributed by atoms with Gasteiger partial charge in [0.15, 0.2) is 0 Å². The van der Waals surface area contributed by atoms with E-state index in [1.165, 1.54) is 18.5 Å². The minimum Gasteiger partial charge on any atom is -0.506 e. The third-order valence-electron chi connectivity index (χ3n) is 1.78. The number of hydrogen-bond acceptors (Lipinski definition) is 4. The highest BCUT2D eigenvalue weighted by molar-refractivity contribution is 5.94. The number of rotatable bonds is 3. The van der Waals surface area contributed by atoms with E-state index in [1.54, 1.807) is 6.92 Å². The molecule has 1 amide bonds. The quantitative estimate of drug-likeness (QED) is 0.759. The van der Waals surface area contributed by atoms with Crippen LogP contribution < -0.4 is 5.32 Å². The lowest BCUT2D eigenvalue weighted by atomic mass is 10.2. The first-order valence-corrected chi connectivity index (χ1v) is 4.45. The van der Waals surface area contributed by atoms with Gasteiger partial charge in [0.2, 0.25) is 0 Å². The van der Waals surface area contributed by atoms with Crippen molar-refractivity contribution in [2.75, 3.05) is 6.54 Å². The number of nitrogens with zero attached hydrogens (tertiary/aromatic N) is 2. The summed E-state index contributed by atoms with van der Waals surface area (Å²) in [5, 5.41) is 20.2. The molecule has 5 nitrogen and oxygen atoms in total. The summed E-state index contributed by atoms with van der Waals surface area (Å²) in [6.45, 7) is 1.99. The summed E-state index contributed by atoms with van der Waals surface area (Å²) < 4.78 is 0. The Hall–Kier alpha value is -2.09. The molecule has 15 heavy (non-hydrogen) atoms. The van der Waals surface area contributed by atoms with Gasteiger partial charge in [0.05, 0.1) is 23.7 Å². The minimum atomic E-state index is -0.347. The van der Waals surface area contributed by atoms with Gasteiger partial charge >= 0.3 is 0 Å². The van der Waals surface area contributed by atoms with Crippen LogP contribution in [0, 0.1) is 17.2 Å². The van der Waals surface area contributed by atoms with Crippen LogP contribution in [-0.4, -0.2) is 22.5 Å². The second-order valence-corrected chi connectivity index (χ2v) is 3.17. The average Bonchev–Trinajstić information content (AvgIpc) is 2.25. The van der Waals surface area contributed by atoms with Crippen molar-refractivity contribution in [2.45, 2.75) is 6.92 Å². The third kappa shape index (κ3) is 3.27. The molecule has 0 bridgehead atoms. The Morgan fingerprint density at radius 1 is 1.73 bits per heavy atom. The fourth-order valence-corrected chi connectivity index (χ4v) is 0.945. The monoisotopic (exact) mass is 205 g/mol. The zero-order valence-electron chi connectivity index (χ0n) is 8.27. The van der Waals surface area contributed by atoms with Crippen LogP contribution in [0.25, 0.3) is 0 Å². The fraction of sp³-hybridized carbons (Fsp3) is 0.300. The van der Waals surface area contributed by atoms with Gasteiger partial charge in [0.25, 0.3) is 5.91 Å². The minimum absolute atomic E-state index is 0.0593. The molecule has 1 rings (SSSR count). The average molecular weight is 205 g/mol. The van der Waals surface area contributed by atoms with Gasteiger partial charge in [-0.2, -0.15) is 5.26 Å². The van der Waals surface area contributed by atoms with Crippen molar-refractivity contribution in [1.29, 1.82) is 5.26 Å². The number of pyridine rings is 1. The van der Waals surface area contributed by atoms with E-state index in [9.17, 15) is 4.79 Å². The molecule has 0 aliphatic carbocycles. The first-order valence-electron chi connectivity index (χ1n) is 4.45. The highest BCUT2D eigenvalue weighted by Crippen LogP contribution is 2.08. The van der Waals surface area contributed by atoms with E-state index in [2.05, 4.69) is 10.3 Å². The molecular formula is C10H11N3O2. The van der Waals surface area contributed by atoms with Gasteiger partial charge in [0, 0.05) is 12.7 Å². The fourth-order valence-electron chi connectivity index (χ4n) is 0.945. The topological polar surface area (TPSA) is 86.0 Å². The van der Waals surface area contributed by atoms with E-state index < -0.39 is 0 Å². The largest absolute Gasteiger partial charge is 0.506 e. The zero-order valence-corrected chi connectivity index (χ0v) is 8.27. The van der Waals surface area contributed by atoms with E-state index >= 15 is 0 Å². The first kappa shape index (κ1) is 11.0. The molecule has 0 aliphatic heterocycles. The Morgan fingerprint density at radius 3 is 3.07 bits per heavy atom. The number of aromatic hydroxyl groups is 1. The van der Waals surface area contributed by atoms with E-state index in [0.717, 1.165) is 0 Å². The van der Waals surface area contributed by atoms with E-state index in [0.29, 0.717) is 0 Å². The molecule has 1 heterocycles. The van der Waals surface area contributed by atoms with Gasteiger partial charge < -0.3 is 10.4 Å². The predicted octanol–water partition coefficient (Wildman–Crippen LogP) is 0.677. The molecule has 5 heteroatoms.